The number of rotatable bonds is 5. The molecule has 0 spiro atoms. The number of carbonyl (C=O) groups is 2. The summed E-state index contributed by atoms with van der Waals surface area (Å²) in [6.07, 6.45) is 3.00. The van der Waals surface area contributed by atoms with E-state index < -0.39 is 23.7 Å². The van der Waals surface area contributed by atoms with Gasteiger partial charge in [-0.3, -0.25) is 4.79 Å². The molecule has 0 saturated carbocycles. The van der Waals surface area contributed by atoms with Gasteiger partial charge in [0.05, 0.1) is 22.5 Å². The first-order valence-electron chi connectivity index (χ1n) is 9.59. The predicted octanol–water partition coefficient (Wildman–Crippen LogP) is 2.96. The first kappa shape index (κ1) is 20.5. The van der Waals surface area contributed by atoms with Crippen LogP contribution in [0.25, 0.3) is 11.3 Å². The molecule has 158 valence electrons. The highest BCUT2D eigenvalue weighted by Crippen LogP contribution is 2.35. The summed E-state index contributed by atoms with van der Waals surface area (Å²) in [6.45, 7) is 2.71. The van der Waals surface area contributed by atoms with Crippen molar-refractivity contribution in [2.75, 3.05) is 18.5 Å². The molecule has 0 unspecified atom stereocenters. The van der Waals surface area contributed by atoms with Gasteiger partial charge in [0.15, 0.2) is 0 Å². The molecule has 1 amide bonds. The van der Waals surface area contributed by atoms with Crippen LogP contribution in [0.15, 0.2) is 18.3 Å². The van der Waals surface area contributed by atoms with Gasteiger partial charge in [-0.2, -0.15) is 0 Å². The third-order valence-electron chi connectivity index (χ3n) is 5.42. The number of carboxylic acids is 1. The fraction of sp³-hybridized carbons (Fsp3) is 0.400. The minimum atomic E-state index is -1.15. The van der Waals surface area contributed by atoms with Crippen molar-refractivity contribution < 1.29 is 23.8 Å². The summed E-state index contributed by atoms with van der Waals surface area (Å²) >= 11 is 6.24. The van der Waals surface area contributed by atoms with E-state index in [4.69, 9.17) is 16.3 Å². The van der Waals surface area contributed by atoms with Gasteiger partial charge in [0.1, 0.15) is 11.9 Å². The third kappa shape index (κ3) is 3.70. The summed E-state index contributed by atoms with van der Waals surface area (Å²) in [5, 5.41) is 12.6. The van der Waals surface area contributed by atoms with Crippen molar-refractivity contribution in [3.8, 4) is 11.3 Å². The molecule has 4 rings (SSSR count). The van der Waals surface area contributed by atoms with Crippen molar-refractivity contribution in [1.29, 1.82) is 0 Å². The largest absolute Gasteiger partial charge is 0.480 e. The van der Waals surface area contributed by atoms with Gasteiger partial charge in [-0.05, 0) is 31.4 Å². The molecule has 0 bridgehead atoms. The van der Waals surface area contributed by atoms with Crippen molar-refractivity contribution in [3.05, 3.63) is 40.3 Å². The number of carbonyl (C=O) groups excluding carboxylic acids is 1. The average Bonchev–Trinajstić information content (AvgIpc) is 3.07. The van der Waals surface area contributed by atoms with Crippen LogP contribution in [0.4, 0.5) is 10.3 Å². The SMILES string of the molecule is C[C@H](C(=O)O)N1Cc2ccc(-c3nc(NC4CCOCC4)ncc3Cl)c(F)c2C1=O. The number of fused-ring (bicyclic) bond motifs is 1. The molecule has 1 aromatic heterocycles. The van der Waals surface area contributed by atoms with E-state index in [1.54, 1.807) is 6.07 Å². The number of hydrogen-bond acceptors (Lipinski definition) is 6. The zero-order valence-electron chi connectivity index (χ0n) is 16.2. The van der Waals surface area contributed by atoms with Crippen LogP contribution in [0.5, 0.6) is 0 Å². The standard InChI is InChI=1S/C20H20ClFN4O4/c1-10(19(28)29)26-9-11-2-3-13(16(22)15(11)18(26)27)17-14(21)8-23-20(25-17)24-12-4-6-30-7-5-12/h2-3,8,10,12H,4-7,9H2,1H3,(H,28,29)(H,23,24,25)/t10-/m1/s1. The number of halogens is 2. The molecule has 2 aliphatic heterocycles. The highest BCUT2D eigenvalue weighted by atomic mass is 35.5. The highest BCUT2D eigenvalue weighted by molar-refractivity contribution is 6.33. The molecule has 1 aromatic carbocycles. The Bertz CT molecular complexity index is 1010. The second kappa shape index (κ2) is 8.16. The van der Waals surface area contributed by atoms with Crippen LogP contribution < -0.4 is 5.32 Å². The quantitative estimate of drug-likeness (QED) is 0.745. The van der Waals surface area contributed by atoms with E-state index in [0.29, 0.717) is 24.7 Å². The fourth-order valence-electron chi connectivity index (χ4n) is 3.66. The average molecular weight is 435 g/mol. The lowest BCUT2D eigenvalue weighted by Gasteiger charge is -2.23. The van der Waals surface area contributed by atoms with Crippen LogP contribution in [0.3, 0.4) is 0 Å². The molecule has 30 heavy (non-hydrogen) atoms. The summed E-state index contributed by atoms with van der Waals surface area (Å²) in [7, 11) is 0. The van der Waals surface area contributed by atoms with Crippen molar-refractivity contribution in [3.63, 3.8) is 0 Å². The van der Waals surface area contributed by atoms with Crippen LogP contribution in [-0.4, -0.2) is 57.1 Å². The Morgan fingerprint density at radius 3 is 2.83 bits per heavy atom. The lowest BCUT2D eigenvalue weighted by Crippen LogP contribution is -2.39. The molecule has 3 heterocycles. The van der Waals surface area contributed by atoms with Gasteiger partial charge < -0.3 is 20.1 Å². The minimum absolute atomic E-state index is 0.0346. The maximum absolute atomic E-state index is 15.4. The Hall–Kier alpha value is -2.78. The predicted molar refractivity (Wildman–Crippen MR) is 107 cm³/mol. The van der Waals surface area contributed by atoms with Gasteiger partial charge in [0.2, 0.25) is 5.95 Å². The number of benzene rings is 1. The molecule has 2 N–H and O–H groups in total. The topological polar surface area (TPSA) is 105 Å². The van der Waals surface area contributed by atoms with Crippen molar-refractivity contribution in [2.45, 2.75) is 38.4 Å². The van der Waals surface area contributed by atoms with Gasteiger partial charge in [-0.25, -0.2) is 19.2 Å². The number of nitrogens with zero attached hydrogens (tertiary/aromatic N) is 3. The molecule has 2 aliphatic rings. The second-order valence-corrected chi connectivity index (χ2v) is 7.74. The summed E-state index contributed by atoms with van der Waals surface area (Å²) in [5.41, 5.74) is 0.516. The maximum Gasteiger partial charge on any atom is 0.326 e. The molecule has 2 aromatic rings. The van der Waals surface area contributed by atoms with Crippen LogP contribution in [0.1, 0.15) is 35.7 Å². The molecule has 0 aliphatic carbocycles. The first-order valence-corrected chi connectivity index (χ1v) is 9.97. The number of carboxylic acid groups (broad SMARTS) is 1. The number of hydrogen-bond donors (Lipinski definition) is 2. The maximum atomic E-state index is 15.4. The van der Waals surface area contributed by atoms with Gasteiger partial charge in [-0.1, -0.05) is 17.7 Å². The van der Waals surface area contributed by atoms with E-state index in [2.05, 4.69) is 15.3 Å². The summed E-state index contributed by atoms with van der Waals surface area (Å²) < 4.78 is 20.7. The van der Waals surface area contributed by atoms with Crippen LogP contribution >= 0.6 is 11.6 Å². The number of ether oxygens (including phenoxy) is 1. The Balaban J connectivity index is 1.67. The Morgan fingerprint density at radius 1 is 1.40 bits per heavy atom. The van der Waals surface area contributed by atoms with Crippen LogP contribution in [0, 0.1) is 5.82 Å². The number of amides is 1. The molecule has 10 heteroatoms. The number of aromatic nitrogens is 2. The number of aliphatic carboxylic acids is 1. The van der Waals surface area contributed by atoms with E-state index in [1.165, 1.54) is 19.2 Å². The number of anilines is 1. The molecular weight excluding hydrogens is 415 g/mol. The Morgan fingerprint density at radius 2 is 2.13 bits per heavy atom. The van der Waals surface area contributed by atoms with Gasteiger partial charge in [0, 0.05) is 31.4 Å². The fourth-order valence-corrected chi connectivity index (χ4v) is 3.85. The van der Waals surface area contributed by atoms with Crippen LogP contribution in [0.2, 0.25) is 5.02 Å². The van der Waals surface area contributed by atoms with Crippen molar-refractivity contribution in [1.82, 2.24) is 14.9 Å². The van der Waals surface area contributed by atoms with Gasteiger partial charge in [-0.15, -0.1) is 0 Å². The van der Waals surface area contributed by atoms with Crippen molar-refractivity contribution >= 4 is 29.4 Å². The summed E-state index contributed by atoms with van der Waals surface area (Å²) in [5.74, 6) is -2.27. The summed E-state index contributed by atoms with van der Waals surface area (Å²) in [4.78, 5) is 33.6. The van der Waals surface area contributed by atoms with Gasteiger partial charge >= 0.3 is 5.97 Å². The lowest BCUT2D eigenvalue weighted by molar-refractivity contribution is -0.141. The van der Waals surface area contributed by atoms with E-state index >= 15 is 4.39 Å². The van der Waals surface area contributed by atoms with E-state index in [1.807, 2.05) is 0 Å². The Kier molecular flexibility index (Phi) is 5.57. The van der Waals surface area contributed by atoms with Gasteiger partial charge in [0.25, 0.3) is 5.91 Å². The molecular formula is C20H20ClFN4O4. The zero-order valence-corrected chi connectivity index (χ0v) is 16.9. The van der Waals surface area contributed by atoms with E-state index in [0.717, 1.165) is 17.7 Å². The highest BCUT2D eigenvalue weighted by Gasteiger charge is 2.37. The van der Waals surface area contributed by atoms with E-state index in [-0.39, 0.29) is 34.4 Å². The molecule has 8 nitrogen and oxygen atoms in total. The normalized spacial score (nSPS) is 17.7. The molecule has 1 fully saturated rings. The number of nitrogens with one attached hydrogen (secondary N) is 1. The summed E-state index contributed by atoms with van der Waals surface area (Å²) in [6, 6.07) is 2.18. The molecule has 1 saturated heterocycles. The molecule has 1 atom stereocenters. The lowest BCUT2D eigenvalue weighted by atomic mass is 10.0. The smallest absolute Gasteiger partial charge is 0.326 e. The Labute approximate surface area is 177 Å². The van der Waals surface area contributed by atoms with Crippen LogP contribution in [-0.2, 0) is 16.1 Å². The van der Waals surface area contributed by atoms with Crippen molar-refractivity contribution in [2.24, 2.45) is 0 Å². The minimum Gasteiger partial charge on any atom is -0.480 e. The molecule has 0 radical (unpaired) electrons. The third-order valence-corrected chi connectivity index (χ3v) is 5.70. The zero-order chi connectivity index (χ0) is 21.4. The first-order chi connectivity index (χ1) is 14.4. The monoisotopic (exact) mass is 434 g/mol. The van der Waals surface area contributed by atoms with E-state index in [9.17, 15) is 14.7 Å². The second-order valence-electron chi connectivity index (χ2n) is 7.33.